The van der Waals surface area contributed by atoms with Crippen molar-refractivity contribution < 1.29 is 14.3 Å². The topological polar surface area (TPSA) is 59.9 Å². The summed E-state index contributed by atoms with van der Waals surface area (Å²) >= 11 is 0. The number of amides is 1. The monoisotopic (exact) mass is 392 g/mol. The van der Waals surface area contributed by atoms with E-state index in [-0.39, 0.29) is 5.91 Å². The molecular weight excluding hydrogens is 364 g/mol. The van der Waals surface area contributed by atoms with Crippen LogP contribution in [0.15, 0.2) is 65.7 Å². The Morgan fingerprint density at radius 1 is 1.07 bits per heavy atom. The van der Waals surface area contributed by atoms with Crippen LogP contribution in [0.4, 0.5) is 0 Å². The van der Waals surface area contributed by atoms with Gasteiger partial charge in [0.1, 0.15) is 5.54 Å². The molecule has 1 amide bonds. The van der Waals surface area contributed by atoms with E-state index < -0.39 is 11.1 Å². The molecule has 2 aromatic carbocycles. The molecule has 0 saturated carbocycles. The fourth-order valence-electron chi connectivity index (χ4n) is 4.17. The van der Waals surface area contributed by atoms with Gasteiger partial charge >= 0.3 is 0 Å². The maximum Gasteiger partial charge on any atom is 0.252 e. The van der Waals surface area contributed by atoms with E-state index in [4.69, 9.17) is 14.5 Å². The first-order chi connectivity index (χ1) is 14.1. The molecule has 0 spiro atoms. The van der Waals surface area contributed by atoms with Crippen LogP contribution >= 0.6 is 0 Å². The molecule has 0 aromatic heterocycles. The number of rotatable bonds is 8. The molecular formula is C24H28N2O3. The lowest BCUT2D eigenvalue weighted by Gasteiger charge is -2.46. The average Bonchev–Trinajstić information content (AvgIpc) is 3.28. The van der Waals surface area contributed by atoms with Crippen LogP contribution < -0.4 is 14.8 Å². The van der Waals surface area contributed by atoms with Crippen molar-refractivity contribution in [2.45, 2.75) is 37.8 Å². The predicted octanol–water partition coefficient (Wildman–Crippen LogP) is 4.53. The minimum absolute atomic E-state index is 0.134. The molecule has 1 aliphatic rings. The number of carbonyl (C=O) groups is 1. The molecule has 29 heavy (non-hydrogen) atoms. The van der Waals surface area contributed by atoms with Gasteiger partial charge in [0.2, 0.25) is 0 Å². The molecule has 152 valence electrons. The van der Waals surface area contributed by atoms with Crippen molar-refractivity contribution in [2.24, 2.45) is 4.99 Å². The average molecular weight is 392 g/mol. The maximum atomic E-state index is 13.2. The van der Waals surface area contributed by atoms with E-state index >= 15 is 0 Å². The van der Waals surface area contributed by atoms with Crippen molar-refractivity contribution in [1.82, 2.24) is 5.32 Å². The molecule has 2 atom stereocenters. The second-order valence-electron chi connectivity index (χ2n) is 7.06. The van der Waals surface area contributed by atoms with Crippen molar-refractivity contribution >= 4 is 12.1 Å². The van der Waals surface area contributed by atoms with E-state index in [1.54, 1.807) is 14.2 Å². The molecule has 2 aromatic rings. The van der Waals surface area contributed by atoms with Crippen LogP contribution in [0.1, 0.15) is 42.6 Å². The van der Waals surface area contributed by atoms with Crippen LogP contribution in [-0.2, 0) is 5.54 Å². The van der Waals surface area contributed by atoms with E-state index in [0.717, 1.165) is 12.0 Å². The summed E-state index contributed by atoms with van der Waals surface area (Å²) in [6.07, 6.45) is 7.22. The number of carbonyl (C=O) groups excluding carboxylic acids is 1. The van der Waals surface area contributed by atoms with Gasteiger partial charge in [-0.2, -0.15) is 0 Å². The molecule has 1 N–H and O–H groups in total. The fraction of sp³-hybridized carbons (Fsp3) is 0.333. The number of benzene rings is 2. The molecule has 2 unspecified atom stereocenters. The zero-order valence-electron chi connectivity index (χ0n) is 17.4. The highest BCUT2D eigenvalue weighted by Gasteiger charge is 2.51. The first-order valence-corrected chi connectivity index (χ1v) is 9.89. The van der Waals surface area contributed by atoms with Crippen molar-refractivity contribution in [3.63, 3.8) is 0 Å². The zero-order chi connectivity index (χ0) is 20.9. The molecule has 0 radical (unpaired) electrons. The van der Waals surface area contributed by atoms with Crippen LogP contribution in [-0.4, -0.2) is 31.9 Å². The van der Waals surface area contributed by atoms with E-state index in [1.807, 2.05) is 60.8 Å². The third kappa shape index (κ3) is 3.53. The molecule has 1 heterocycles. The summed E-state index contributed by atoms with van der Waals surface area (Å²) in [4.78, 5) is 18.1. The first kappa shape index (κ1) is 20.6. The number of allylic oxidation sites excluding steroid dienone is 1. The zero-order valence-corrected chi connectivity index (χ0v) is 17.4. The third-order valence-corrected chi connectivity index (χ3v) is 5.81. The molecule has 0 saturated heterocycles. The van der Waals surface area contributed by atoms with Gasteiger partial charge in [0.15, 0.2) is 11.5 Å². The Hall–Kier alpha value is -3.08. The van der Waals surface area contributed by atoms with Crippen LogP contribution in [0.3, 0.4) is 0 Å². The normalized spacial score (nSPS) is 19.6. The summed E-state index contributed by atoms with van der Waals surface area (Å²) < 4.78 is 11.0. The summed E-state index contributed by atoms with van der Waals surface area (Å²) in [5, 5.41) is 3.33. The Morgan fingerprint density at radius 3 is 2.34 bits per heavy atom. The SMILES string of the molecule is CCC1(C(CC)(NC(=O)c2ccccc2)c2ccc(OC)c(OC)c2)C=CC=N1. The highest BCUT2D eigenvalue weighted by atomic mass is 16.5. The summed E-state index contributed by atoms with van der Waals surface area (Å²) in [5.74, 6) is 1.13. The summed E-state index contributed by atoms with van der Waals surface area (Å²) in [7, 11) is 3.22. The van der Waals surface area contributed by atoms with Gasteiger partial charge in [0.25, 0.3) is 5.91 Å². The van der Waals surface area contributed by atoms with Gasteiger partial charge in [0.05, 0.1) is 19.8 Å². The fourth-order valence-corrected chi connectivity index (χ4v) is 4.17. The minimum atomic E-state index is -0.752. The standard InChI is InChI=1S/C24H28N2O3/c1-5-23(15-10-16-25-23)24(6-2,26-22(27)18-11-8-7-9-12-18)19-13-14-20(28-3)21(17-19)29-4/h7-17H,5-6H2,1-4H3,(H,26,27). The van der Waals surface area contributed by atoms with Gasteiger partial charge in [-0.05, 0) is 48.7 Å². The minimum Gasteiger partial charge on any atom is -0.493 e. The molecule has 1 aliphatic heterocycles. The molecule has 3 rings (SSSR count). The van der Waals surface area contributed by atoms with E-state index in [9.17, 15) is 4.79 Å². The Morgan fingerprint density at radius 2 is 1.79 bits per heavy atom. The quantitative estimate of drug-likeness (QED) is 0.718. The number of aliphatic imine (C=N–C) groups is 1. The second-order valence-corrected chi connectivity index (χ2v) is 7.06. The van der Waals surface area contributed by atoms with Crippen LogP contribution in [0, 0.1) is 0 Å². The number of methoxy groups -OCH3 is 2. The van der Waals surface area contributed by atoms with Crippen LogP contribution in [0.25, 0.3) is 0 Å². The second kappa shape index (κ2) is 8.52. The predicted molar refractivity (Wildman–Crippen MR) is 116 cm³/mol. The smallest absolute Gasteiger partial charge is 0.252 e. The Kier molecular flexibility index (Phi) is 6.06. The van der Waals surface area contributed by atoms with E-state index in [1.165, 1.54) is 0 Å². The lowest BCUT2D eigenvalue weighted by molar-refractivity contribution is 0.0838. The number of nitrogens with one attached hydrogen (secondary N) is 1. The molecule has 0 aliphatic carbocycles. The van der Waals surface area contributed by atoms with Gasteiger partial charge in [-0.15, -0.1) is 0 Å². The van der Waals surface area contributed by atoms with Crippen LogP contribution in [0.5, 0.6) is 11.5 Å². The van der Waals surface area contributed by atoms with Crippen LogP contribution in [0.2, 0.25) is 0 Å². The van der Waals surface area contributed by atoms with E-state index in [2.05, 4.69) is 25.2 Å². The number of ether oxygens (including phenoxy) is 2. The third-order valence-electron chi connectivity index (χ3n) is 5.81. The Labute approximate surface area is 172 Å². The molecule has 5 nitrogen and oxygen atoms in total. The van der Waals surface area contributed by atoms with E-state index in [0.29, 0.717) is 23.5 Å². The lowest BCUT2D eigenvalue weighted by atomic mass is 9.69. The number of hydrogen-bond acceptors (Lipinski definition) is 4. The maximum absolute atomic E-state index is 13.2. The van der Waals surface area contributed by atoms with Crippen molar-refractivity contribution in [2.75, 3.05) is 14.2 Å². The van der Waals surface area contributed by atoms with Gasteiger partial charge in [-0.1, -0.05) is 44.2 Å². The Bertz CT molecular complexity index is 909. The highest BCUT2D eigenvalue weighted by molar-refractivity contribution is 5.95. The lowest BCUT2D eigenvalue weighted by Crippen LogP contribution is -2.59. The number of nitrogens with zero attached hydrogens (tertiary/aromatic N) is 1. The summed E-state index contributed by atoms with van der Waals surface area (Å²) in [6.45, 7) is 4.16. The van der Waals surface area contributed by atoms with Gasteiger partial charge in [-0.3, -0.25) is 9.79 Å². The summed E-state index contributed by atoms with van der Waals surface area (Å²) in [6, 6.07) is 15.1. The molecule has 0 fully saturated rings. The first-order valence-electron chi connectivity index (χ1n) is 9.89. The van der Waals surface area contributed by atoms with Gasteiger partial charge in [0, 0.05) is 11.8 Å². The van der Waals surface area contributed by atoms with Crippen molar-refractivity contribution in [3.05, 3.63) is 71.8 Å². The summed E-state index contributed by atoms with van der Waals surface area (Å²) in [5.41, 5.74) is 0.194. The van der Waals surface area contributed by atoms with Crippen molar-refractivity contribution in [1.29, 1.82) is 0 Å². The Balaban J connectivity index is 2.17. The number of hydrogen-bond donors (Lipinski definition) is 1. The van der Waals surface area contributed by atoms with Gasteiger partial charge < -0.3 is 14.8 Å². The molecule has 5 heteroatoms. The van der Waals surface area contributed by atoms with Gasteiger partial charge in [-0.25, -0.2) is 0 Å². The van der Waals surface area contributed by atoms with Crippen molar-refractivity contribution in [3.8, 4) is 11.5 Å². The molecule has 0 bridgehead atoms. The highest BCUT2D eigenvalue weighted by Crippen LogP contribution is 2.46. The largest absolute Gasteiger partial charge is 0.493 e.